The first-order valence-corrected chi connectivity index (χ1v) is 7.30. The van der Waals surface area contributed by atoms with Gasteiger partial charge >= 0.3 is 0 Å². The first-order chi connectivity index (χ1) is 8.25. The Hall–Kier alpha value is 0.01000. The van der Waals surface area contributed by atoms with E-state index in [-0.39, 0.29) is 24.8 Å². The first kappa shape index (κ1) is 19.0. The molecule has 2 saturated heterocycles. The minimum Gasteiger partial charge on any atom is -0.371 e. The molecule has 2 fully saturated rings. The van der Waals surface area contributed by atoms with Gasteiger partial charge in [0.2, 0.25) is 0 Å². The molecule has 2 atom stereocenters. The Kier molecular flexibility index (Phi) is 9.85. The van der Waals surface area contributed by atoms with E-state index in [1.807, 2.05) is 0 Å². The van der Waals surface area contributed by atoms with Crippen LogP contribution in [0, 0.1) is 5.41 Å². The van der Waals surface area contributed by atoms with Gasteiger partial charge in [0, 0.05) is 18.5 Å². The zero-order chi connectivity index (χ0) is 12.1. The summed E-state index contributed by atoms with van der Waals surface area (Å²) in [4.78, 5) is 2.53. The summed E-state index contributed by atoms with van der Waals surface area (Å²) in [6.07, 6.45) is 11.4. The van der Waals surface area contributed by atoms with Gasteiger partial charge in [0.25, 0.3) is 0 Å². The summed E-state index contributed by atoms with van der Waals surface area (Å²) < 4.78 is 0. The van der Waals surface area contributed by atoms with E-state index in [9.17, 15) is 0 Å². The fraction of sp³-hybridized carbons (Fsp3) is 0.929. The van der Waals surface area contributed by atoms with E-state index in [1.165, 1.54) is 57.9 Å². The lowest BCUT2D eigenvalue weighted by molar-refractivity contribution is 0.170. The highest BCUT2D eigenvalue weighted by atomic mass is 35.5. The van der Waals surface area contributed by atoms with Crippen LogP contribution in [0.2, 0.25) is 0 Å². The molecule has 2 aliphatic rings. The summed E-state index contributed by atoms with van der Waals surface area (Å²) in [6.45, 7) is 1.28. The van der Waals surface area contributed by atoms with Crippen molar-refractivity contribution in [2.45, 2.75) is 69.9 Å². The third-order valence-electron chi connectivity index (χ3n) is 4.38. The fourth-order valence-corrected chi connectivity index (χ4v) is 3.20. The highest BCUT2D eigenvalue weighted by molar-refractivity contribution is 5.85. The lowest BCUT2D eigenvalue weighted by Crippen LogP contribution is -2.38. The number of nitrogens with one attached hydrogen (secondary N) is 2. The normalized spacial score (nSPS) is 28.6. The number of likely N-dealkylation sites (tertiary alicyclic amines) is 1. The molecule has 2 heterocycles. The highest BCUT2D eigenvalue weighted by Gasteiger charge is 2.21. The summed E-state index contributed by atoms with van der Waals surface area (Å²) in [5, 5.41) is 11.2. The zero-order valence-electron chi connectivity index (χ0n) is 12.0. The SMILES string of the molecule is CN1CCCCC1CCC1CCCCC(=N)N1.Cl.Cl. The van der Waals surface area contributed by atoms with Crippen LogP contribution in [0.25, 0.3) is 0 Å². The second-order valence-corrected chi connectivity index (χ2v) is 5.77. The van der Waals surface area contributed by atoms with E-state index in [0.29, 0.717) is 6.04 Å². The van der Waals surface area contributed by atoms with Crippen molar-refractivity contribution < 1.29 is 0 Å². The quantitative estimate of drug-likeness (QED) is 0.836. The van der Waals surface area contributed by atoms with Crippen molar-refractivity contribution in [2.75, 3.05) is 13.6 Å². The molecule has 0 bridgehead atoms. The van der Waals surface area contributed by atoms with Crippen LogP contribution in [0.3, 0.4) is 0 Å². The van der Waals surface area contributed by atoms with Crippen molar-refractivity contribution in [1.29, 1.82) is 5.41 Å². The van der Waals surface area contributed by atoms with Crippen molar-refractivity contribution in [2.24, 2.45) is 0 Å². The predicted octanol–water partition coefficient (Wildman–Crippen LogP) is 3.60. The van der Waals surface area contributed by atoms with Crippen LogP contribution in [0.5, 0.6) is 0 Å². The second-order valence-electron chi connectivity index (χ2n) is 5.77. The minimum atomic E-state index is 0. The molecule has 0 radical (unpaired) electrons. The number of hydrogen-bond acceptors (Lipinski definition) is 2. The Labute approximate surface area is 130 Å². The molecular weight excluding hydrogens is 281 g/mol. The van der Waals surface area contributed by atoms with Gasteiger partial charge in [0.15, 0.2) is 0 Å². The standard InChI is InChI=1S/C14H27N3.2ClH/c1-17-11-5-4-7-13(17)10-9-12-6-2-3-8-14(15)16-12;;/h12-13H,2-11H2,1H3,(H2,15,16);2*1H. The Morgan fingerprint density at radius 3 is 2.58 bits per heavy atom. The molecule has 114 valence electrons. The van der Waals surface area contributed by atoms with Gasteiger partial charge in [0.05, 0.1) is 5.84 Å². The molecular formula is C14H29Cl2N3. The topological polar surface area (TPSA) is 39.1 Å². The molecule has 2 rings (SSSR count). The number of hydrogen-bond donors (Lipinski definition) is 2. The van der Waals surface area contributed by atoms with E-state index in [2.05, 4.69) is 17.3 Å². The monoisotopic (exact) mass is 309 g/mol. The molecule has 0 aromatic rings. The Bertz CT molecular complexity index is 261. The smallest absolute Gasteiger partial charge is 0.0933 e. The molecule has 2 aliphatic heterocycles. The molecule has 2 unspecified atom stereocenters. The van der Waals surface area contributed by atoms with Crippen LogP contribution in [-0.2, 0) is 0 Å². The average Bonchev–Trinajstić information content (AvgIpc) is 2.53. The van der Waals surface area contributed by atoms with Crippen LogP contribution in [0.4, 0.5) is 0 Å². The maximum absolute atomic E-state index is 7.80. The number of halogens is 2. The summed E-state index contributed by atoms with van der Waals surface area (Å²) in [7, 11) is 2.27. The minimum absolute atomic E-state index is 0. The van der Waals surface area contributed by atoms with Crippen molar-refractivity contribution in [3.05, 3.63) is 0 Å². The third kappa shape index (κ3) is 6.33. The second kappa shape index (κ2) is 9.84. The lowest BCUT2D eigenvalue weighted by atomic mass is 9.95. The zero-order valence-corrected chi connectivity index (χ0v) is 13.6. The van der Waals surface area contributed by atoms with E-state index in [0.717, 1.165) is 18.3 Å². The van der Waals surface area contributed by atoms with Crippen molar-refractivity contribution >= 4 is 30.6 Å². The largest absolute Gasteiger partial charge is 0.371 e. The molecule has 0 amide bonds. The lowest BCUT2D eigenvalue weighted by Gasteiger charge is -2.33. The number of piperidine rings is 1. The summed E-state index contributed by atoms with van der Waals surface area (Å²) in [5.41, 5.74) is 0. The van der Waals surface area contributed by atoms with Gasteiger partial charge < -0.3 is 10.2 Å². The van der Waals surface area contributed by atoms with Gasteiger partial charge in [-0.15, -0.1) is 24.8 Å². The Morgan fingerprint density at radius 2 is 1.84 bits per heavy atom. The van der Waals surface area contributed by atoms with E-state index >= 15 is 0 Å². The van der Waals surface area contributed by atoms with Crippen molar-refractivity contribution in [1.82, 2.24) is 10.2 Å². The molecule has 2 N–H and O–H groups in total. The van der Waals surface area contributed by atoms with Crippen molar-refractivity contribution in [3.8, 4) is 0 Å². The highest BCUT2D eigenvalue weighted by Crippen LogP contribution is 2.21. The Morgan fingerprint density at radius 1 is 1.11 bits per heavy atom. The summed E-state index contributed by atoms with van der Waals surface area (Å²) in [6, 6.07) is 1.36. The number of nitrogens with zero attached hydrogens (tertiary/aromatic N) is 1. The molecule has 19 heavy (non-hydrogen) atoms. The third-order valence-corrected chi connectivity index (χ3v) is 4.38. The van der Waals surface area contributed by atoms with E-state index < -0.39 is 0 Å². The first-order valence-electron chi connectivity index (χ1n) is 7.30. The van der Waals surface area contributed by atoms with E-state index in [1.54, 1.807) is 0 Å². The van der Waals surface area contributed by atoms with Gasteiger partial charge in [-0.25, -0.2) is 0 Å². The van der Waals surface area contributed by atoms with Gasteiger partial charge in [-0.2, -0.15) is 0 Å². The van der Waals surface area contributed by atoms with Gasteiger partial charge in [-0.1, -0.05) is 12.8 Å². The molecule has 0 saturated carbocycles. The molecule has 0 spiro atoms. The molecule has 3 nitrogen and oxygen atoms in total. The Balaban J connectivity index is 0.00000162. The van der Waals surface area contributed by atoms with Gasteiger partial charge in [-0.3, -0.25) is 5.41 Å². The summed E-state index contributed by atoms with van der Waals surface area (Å²) in [5.74, 6) is 0.768. The molecule has 5 heteroatoms. The van der Waals surface area contributed by atoms with Gasteiger partial charge in [0.1, 0.15) is 0 Å². The number of rotatable bonds is 3. The van der Waals surface area contributed by atoms with Gasteiger partial charge in [-0.05, 0) is 52.1 Å². The predicted molar refractivity (Wildman–Crippen MR) is 87.1 cm³/mol. The fourth-order valence-electron chi connectivity index (χ4n) is 3.20. The maximum atomic E-state index is 7.80. The average molecular weight is 310 g/mol. The van der Waals surface area contributed by atoms with Crippen LogP contribution < -0.4 is 5.32 Å². The number of amidine groups is 1. The van der Waals surface area contributed by atoms with Crippen LogP contribution in [0.1, 0.15) is 57.8 Å². The molecule has 0 aliphatic carbocycles. The van der Waals surface area contributed by atoms with Crippen LogP contribution in [0.15, 0.2) is 0 Å². The van der Waals surface area contributed by atoms with Crippen molar-refractivity contribution in [3.63, 3.8) is 0 Å². The van der Waals surface area contributed by atoms with Crippen LogP contribution in [-0.4, -0.2) is 36.4 Å². The van der Waals surface area contributed by atoms with E-state index in [4.69, 9.17) is 5.41 Å². The summed E-state index contributed by atoms with van der Waals surface area (Å²) >= 11 is 0. The molecule has 0 aromatic carbocycles. The maximum Gasteiger partial charge on any atom is 0.0933 e. The van der Waals surface area contributed by atoms with Crippen LogP contribution >= 0.6 is 24.8 Å². The molecule has 0 aromatic heterocycles.